The first-order chi connectivity index (χ1) is 10.1. The molecule has 0 spiro atoms. The summed E-state index contributed by atoms with van der Waals surface area (Å²) in [6.07, 6.45) is 1.19. The highest BCUT2D eigenvalue weighted by atomic mass is 16.3. The van der Waals surface area contributed by atoms with Gasteiger partial charge in [-0.25, -0.2) is 0 Å². The third kappa shape index (κ3) is 3.38. The second-order valence-corrected chi connectivity index (χ2v) is 6.00. The summed E-state index contributed by atoms with van der Waals surface area (Å²) in [4.78, 5) is 2.44. The molecule has 0 bridgehead atoms. The van der Waals surface area contributed by atoms with Crippen LogP contribution in [0.15, 0.2) is 36.4 Å². The Morgan fingerprint density at radius 1 is 1.05 bits per heavy atom. The molecule has 0 radical (unpaired) electrons. The molecule has 2 atom stereocenters. The maximum atomic E-state index is 10.6. The van der Waals surface area contributed by atoms with E-state index in [4.69, 9.17) is 0 Å². The highest BCUT2D eigenvalue weighted by molar-refractivity contribution is 5.89. The molecule has 1 N–H and O–H groups in total. The van der Waals surface area contributed by atoms with Crippen molar-refractivity contribution in [3.8, 4) is 5.75 Å². The molecule has 2 aromatic carbocycles. The van der Waals surface area contributed by atoms with Crippen molar-refractivity contribution in [3.05, 3.63) is 42.0 Å². The summed E-state index contributed by atoms with van der Waals surface area (Å²) in [6, 6.07) is 12.4. The Bertz CT molecular complexity index is 593. The number of phenols is 1. The van der Waals surface area contributed by atoms with Crippen LogP contribution in [0, 0.1) is 5.92 Å². The number of nitrogens with zero attached hydrogens (tertiary/aromatic N) is 1. The molecule has 0 aromatic heterocycles. The van der Waals surface area contributed by atoms with Crippen LogP contribution in [0.4, 0.5) is 0 Å². The van der Waals surface area contributed by atoms with Crippen LogP contribution in [0.25, 0.3) is 10.8 Å². The molecule has 0 saturated carbocycles. The molecular weight excluding hydrogens is 258 g/mol. The van der Waals surface area contributed by atoms with E-state index in [1.54, 1.807) is 0 Å². The van der Waals surface area contributed by atoms with Gasteiger partial charge in [-0.2, -0.15) is 0 Å². The molecule has 2 rings (SSSR count). The summed E-state index contributed by atoms with van der Waals surface area (Å²) in [7, 11) is 0. The lowest BCUT2D eigenvalue weighted by Gasteiger charge is -2.31. The van der Waals surface area contributed by atoms with Crippen LogP contribution in [0.2, 0.25) is 0 Å². The number of rotatable bonds is 6. The predicted octanol–water partition coefficient (Wildman–Crippen LogP) is 4.97. The topological polar surface area (TPSA) is 23.5 Å². The number of phenolic OH excluding ortho intramolecular Hbond substituents is 1. The highest BCUT2D eigenvalue weighted by Gasteiger charge is 2.19. The highest BCUT2D eigenvalue weighted by Crippen LogP contribution is 2.35. The fourth-order valence-electron chi connectivity index (χ4n) is 2.90. The molecule has 0 fully saturated rings. The first kappa shape index (κ1) is 15.8. The van der Waals surface area contributed by atoms with Gasteiger partial charge in [-0.1, -0.05) is 63.6 Å². The summed E-state index contributed by atoms with van der Waals surface area (Å²) in [5.74, 6) is 1.11. The van der Waals surface area contributed by atoms with Crippen LogP contribution in [0.5, 0.6) is 5.75 Å². The van der Waals surface area contributed by atoms with Crippen LogP contribution in [0.3, 0.4) is 0 Å². The quantitative estimate of drug-likeness (QED) is 0.809. The molecule has 0 amide bonds. The third-order valence-electron chi connectivity index (χ3n) is 4.58. The molecule has 2 heteroatoms. The summed E-state index contributed by atoms with van der Waals surface area (Å²) < 4.78 is 0. The SMILES string of the molecule is CCC(C)CN(CC)C(C)c1ccc2ccccc2c1O. The van der Waals surface area contributed by atoms with Crippen molar-refractivity contribution in [2.75, 3.05) is 13.1 Å². The van der Waals surface area contributed by atoms with E-state index in [2.05, 4.69) is 44.7 Å². The molecule has 21 heavy (non-hydrogen) atoms. The second kappa shape index (κ2) is 6.95. The first-order valence-electron chi connectivity index (χ1n) is 8.03. The number of benzene rings is 2. The number of hydrogen-bond donors (Lipinski definition) is 1. The molecule has 0 aliphatic carbocycles. The van der Waals surface area contributed by atoms with Gasteiger partial charge in [0.1, 0.15) is 5.75 Å². The van der Waals surface area contributed by atoms with Gasteiger partial charge in [0.2, 0.25) is 0 Å². The Kier molecular flexibility index (Phi) is 5.24. The lowest BCUT2D eigenvalue weighted by molar-refractivity contribution is 0.187. The lowest BCUT2D eigenvalue weighted by Crippen LogP contribution is -2.31. The molecule has 2 unspecified atom stereocenters. The monoisotopic (exact) mass is 285 g/mol. The van der Waals surface area contributed by atoms with Crippen molar-refractivity contribution in [1.29, 1.82) is 0 Å². The zero-order chi connectivity index (χ0) is 15.4. The molecule has 0 saturated heterocycles. The fourth-order valence-corrected chi connectivity index (χ4v) is 2.90. The van der Waals surface area contributed by atoms with Crippen molar-refractivity contribution < 1.29 is 5.11 Å². The Morgan fingerprint density at radius 2 is 1.76 bits per heavy atom. The van der Waals surface area contributed by atoms with Crippen LogP contribution in [0.1, 0.15) is 45.7 Å². The van der Waals surface area contributed by atoms with E-state index in [0.717, 1.165) is 29.4 Å². The van der Waals surface area contributed by atoms with Crippen molar-refractivity contribution >= 4 is 10.8 Å². The summed E-state index contributed by atoms with van der Waals surface area (Å²) in [5.41, 5.74) is 1.03. The van der Waals surface area contributed by atoms with Crippen molar-refractivity contribution in [3.63, 3.8) is 0 Å². The van der Waals surface area contributed by atoms with Crippen molar-refractivity contribution in [2.45, 2.75) is 40.2 Å². The van der Waals surface area contributed by atoms with Crippen molar-refractivity contribution in [1.82, 2.24) is 4.90 Å². The maximum absolute atomic E-state index is 10.6. The molecular formula is C19H27NO. The summed E-state index contributed by atoms with van der Waals surface area (Å²) in [6.45, 7) is 11.0. The van der Waals surface area contributed by atoms with E-state index in [1.165, 1.54) is 6.42 Å². The van der Waals surface area contributed by atoms with Crippen LogP contribution < -0.4 is 0 Å². The molecule has 0 aliphatic heterocycles. The van der Waals surface area contributed by atoms with Gasteiger partial charge in [0, 0.05) is 23.5 Å². The molecule has 2 aromatic rings. The average molecular weight is 285 g/mol. The van der Waals surface area contributed by atoms with Crippen molar-refractivity contribution in [2.24, 2.45) is 5.92 Å². The third-order valence-corrected chi connectivity index (χ3v) is 4.58. The van der Waals surface area contributed by atoms with Crippen LogP contribution >= 0.6 is 0 Å². The normalized spacial score (nSPS) is 14.5. The van der Waals surface area contributed by atoms with Gasteiger partial charge < -0.3 is 5.11 Å². The van der Waals surface area contributed by atoms with E-state index >= 15 is 0 Å². The second-order valence-electron chi connectivity index (χ2n) is 6.00. The number of fused-ring (bicyclic) bond motifs is 1. The average Bonchev–Trinajstić information content (AvgIpc) is 2.52. The summed E-state index contributed by atoms with van der Waals surface area (Å²) in [5, 5.41) is 12.7. The maximum Gasteiger partial charge on any atom is 0.128 e. The van der Waals surface area contributed by atoms with E-state index in [0.29, 0.717) is 11.7 Å². The van der Waals surface area contributed by atoms with Gasteiger partial charge in [-0.15, -0.1) is 0 Å². The minimum Gasteiger partial charge on any atom is -0.507 e. The van der Waals surface area contributed by atoms with Gasteiger partial charge in [-0.05, 0) is 24.8 Å². The van der Waals surface area contributed by atoms with E-state index in [1.807, 2.05) is 24.3 Å². The van der Waals surface area contributed by atoms with E-state index in [9.17, 15) is 5.11 Å². The molecule has 0 heterocycles. The van der Waals surface area contributed by atoms with Gasteiger partial charge >= 0.3 is 0 Å². The summed E-state index contributed by atoms with van der Waals surface area (Å²) >= 11 is 0. The predicted molar refractivity (Wildman–Crippen MR) is 90.7 cm³/mol. The molecule has 114 valence electrons. The largest absolute Gasteiger partial charge is 0.507 e. The minimum atomic E-state index is 0.230. The molecule has 2 nitrogen and oxygen atoms in total. The minimum absolute atomic E-state index is 0.230. The number of hydrogen-bond acceptors (Lipinski definition) is 2. The van der Waals surface area contributed by atoms with Gasteiger partial charge in [0.25, 0.3) is 0 Å². The Hall–Kier alpha value is -1.54. The number of aromatic hydroxyl groups is 1. The first-order valence-corrected chi connectivity index (χ1v) is 8.03. The Labute approximate surface area is 128 Å². The van der Waals surface area contributed by atoms with Crippen LogP contribution in [-0.4, -0.2) is 23.1 Å². The van der Waals surface area contributed by atoms with Crippen LogP contribution in [-0.2, 0) is 0 Å². The fraction of sp³-hybridized carbons (Fsp3) is 0.474. The van der Waals surface area contributed by atoms with E-state index in [-0.39, 0.29) is 6.04 Å². The standard InChI is InChI=1S/C19H27NO/c1-5-14(3)13-20(6-2)15(4)17-12-11-16-9-7-8-10-18(16)19(17)21/h7-12,14-15,21H,5-6,13H2,1-4H3. The zero-order valence-corrected chi connectivity index (χ0v) is 13.6. The molecule has 0 aliphatic rings. The Balaban J connectivity index is 2.33. The van der Waals surface area contributed by atoms with Gasteiger partial charge in [-0.3, -0.25) is 4.90 Å². The van der Waals surface area contributed by atoms with Gasteiger partial charge in [0.15, 0.2) is 0 Å². The lowest BCUT2D eigenvalue weighted by atomic mass is 9.99. The van der Waals surface area contributed by atoms with Gasteiger partial charge in [0.05, 0.1) is 0 Å². The Morgan fingerprint density at radius 3 is 2.43 bits per heavy atom. The zero-order valence-electron chi connectivity index (χ0n) is 13.6. The smallest absolute Gasteiger partial charge is 0.128 e. The van der Waals surface area contributed by atoms with E-state index < -0.39 is 0 Å².